The maximum absolute atomic E-state index is 11.9. The van der Waals surface area contributed by atoms with Gasteiger partial charge in [-0.3, -0.25) is 4.79 Å². The number of fused-ring (bicyclic) bond motifs is 1. The van der Waals surface area contributed by atoms with Crippen molar-refractivity contribution >= 4 is 17.7 Å². The smallest absolute Gasteiger partial charge is 0.233 e. The van der Waals surface area contributed by atoms with Gasteiger partial charge in [-0.25, -0.2) is 0 Å². The number of hydrogen-bond acceptors (Lipinski definition) is 3. The Morgan fingerprint density at radius 2 is 2.07 bits per heavy atom. The summed E-state index contributed by atoms with van der Waals surface area (Å²) in [6.45, 7) is 2.21. The summed E-state index contributed by atoms with van der Waals surface area (Å²) in [5, 5.41) is 6.82. The Labute approximate surface area is 94.8 Å². The summed E-state index contributed by atoms with van der Waals surface area (Å²) in [6, 6.07) is 0.501. The van der Waals surface area contributed by atoms with Crippen LogP contribution in [0.1, 0.15) is 19.3 Å². The lowest BCUT2D eigenvalue weighted by Gasteiger charge is -2.21. The van der Waals surface area contributed by atoms with Crippen LogP contribution in [0.4, 0.5) is 0 Å². The van der Waals surface area contributed by atoms with Gasteiger partial charge in [-0.15, -0.1) is 11.8 Å². The Morgan fingerprint density at radius 1 is 1.27 bits per heavy atom. The first kappa shape index (κ1) is 9.97. The van der Waals surface area contributed by atoms with Crippen LogP contribution in [0.2, 0.25) is 0 Å². The Bertz CT molecular complexity index is 255. The fraction of sp³-hybridized carbons (Fsp3) is 0.909. The van der Waals surface area contributed by atoms with Crippen LogP contribution in [0.3, 0.4) is 0 Å². The molecule has 2 saturated heterocycles. The van der Waals surface area contributed by atoms with Crippen molar-refractivity contribution in [1.29, 1.82) is 0 Å². The van der Waals surface area contributed by atoms with E-state index >= 15 is 0 Å². The van der Waals surface area contributed by atoms with Crippen LogP contribution in [0.25, 0.3) is 0 Å². The third-order valence-electron chi connectivity index (χ3n) is 3.87. The first-order chi connectivity index (χ1) is 7.36. The zero-order valence-corrected chi connectivity index (χ0v) is 9.69. The van der Waals surface area contributed by atoms with Crippen molar-refractivity contribution in [2.45, 2.75) is 30.6 Å². The molecule has 0 spiro atoms. The van der Waals surface area contributed by atoms with Gasteiger partial charge in [0.25, 0.3) is 0 Å². The molecule has 3 fully saturated rings. The maximum atomic E-state index is 11.9. The molecular weight excluding hydrogens is 208 g/mol. The number of thioether (sulfide) groups is 1. The molecule has 0 radical (unpaired) electrons. The summed E-state index contributed by atoms with van der Waals surface area (Å²) in [7, 11) is 0. The summed E-state index contributed by atoms with van der Waals surface area (Å²) in [6.07, 6.45) is 3.59. The van der Waals surface area contributed by atoms with E-state index in [1.807, 2.05) is 11.8 Å². The molecule has 2 N–H and O–H groups in total. The van der Waals surface area contributed by atoms with Crippen LogP contribution in [0.5, 0.6) is 0 Å². The van der Waals surface area contributed by atoms with Gasteiger partial charge in [0.2, 0.25) is 5.91 Å². The van der Waals surface area contributed by atoms with E-state index in [0.717, 1.165) is 37.1 Å². The second kappa shape index (κ2) is 3.98. The zero-order valence-electron chi connectivity index (χ0n) is 8.87. The SMILES string of the molecule is O=C(NC1C2CNCC21)C1CCCCS1. The molecule has 3 unspecified atom stereocenters. The summed E-state index contributed by atoms with van der Waals surface area (Å²) < 4.78 is 0. The third kappa shape index (κ3) is 1.89. The van der Waals surface area contributed by atoms with Crippen molar-refractivity contribution < 1.29 is 4.79 Å². The fourth-order valence-corrected chi connectivity index (χ4v) is 4.05. The van der Waals surface area contributed by atoms with E-state index in [9.17, 15) is 4.79 Å². The molecule has 15 heavy (non-hydrogen) atoms. The van der Waals surface area contributed by atoms with Crippen LogP contribution >= 0.6 is 11.8 Å². The number of nitrogens with one attached hydrogen (secondary N) is 2. The number of amides is 1. The molecule has 2 aliphatic heterocycles. The van der Waals surface area contributed by atoms with Crippen LogP contribution < -0.4 is 10.6 Å². The molecule has 0 aromatic heterocycles. The molecule has 0 bridgehead atoms. The first-order valence-electron chi connectivity index (χ1n) is 5.99. The standard InChI is InChI=1S/C11H18N2OS/c14-11(9-3-1-2-4-15-9)13-10-7-5-12-6-8(7)10/h7-10,12H,1-6H2,(H,13,14). The van der Waals surface area contributed by atoms with E-state index in [2.05, 4.69) is 10.6 Å². The van der Waals surface area contributed by atoms with Crippen molar-refractivity contribution in [3.8, 4) is 0 Å². The highest BCUT2D eigenvalue weighted by Gasteiger charge is 2.53. The van der Waals surface area contributed by atoms with Crippen molar-refractivity contribution in [3.63, 3.8) is 0 Å². The molecule has 0 aromatic carbocycles. The minimum Gasteiger partial charge on any atom is -0.352 e. The van der Waals surface area contributed by atoms with Gasteiger partial charge in [0.1, 0.15) is 0 Å². The third-order valence-corrected chi connectivity index (χ3v) is 5.25. The van der Waals surface area contributed by atoms with E-state index in [4.69, 9.17) is 0 Å². The molecule has 3 nitrogen and oxygen atoms in total. The zero-order chi connectivity index (χ0) is 10.3. The highest BCUT2D eigenvalue weighted by atomic mass is 32.2. The van der Waals surface area contributed by atoms with Crippen molar-refractivity contribution in [2.24, 2.45) is 11.8 Å². The Morgan fingerprint density at radius 3 is 2.73 bits per heavy atom. The molecule has 1 amide bonds. The molecule has 0 aromatic rings. The lowest BCUT2D eigenvalue weighted by molar-refractivity contribution is -0.121. The van der Waals surface area contributed by atoms with Crippen LogP contribution in [0.15, 0.2) is 0 Å². The number of piperidine rings is 1. The number of carbonyl (C=O) groups is 1. The molecule has 4 heteroatoms. The summed E-state index contributed by atoms with van der Waals surface area (Å²) in [5.74, 6) is 2.95. The predicted molar refractivity (Wildman–Crippen MR) is 61.9 cm³/mol. The molecule has 2 heterocycles. The highest BCUT2D eigenvalue weighted by molar-refractivity contribution is 8.00. The predicted octanol–water partition coefficient (Wildman–Crippen LogP) is 0.606. The van der Waals surface area contributed by atoms with Gasteiger partial charge in [-0.1, -0.05) is 6.42 Å². The lowest BCUT2D eigenvalue weighted by Crippen LogP contribution is -2.38. The molecular formula is C11H18N2OS. The Kier molecular flexibility index (Phi) is 2.64. The molecule has 3 rings (SSSR count). The van der Waals surface area contributed by atoms with Crippen LogP contribution in [-0.2, 0) is 4.79 Å². The van der Waals surface area contributed by atoms with E-state index < -0.39 is 0 Å². The van der Waals surface area contributed by atoms with Gasteiger partial charge in [-0.05, 0) is 30.4 Å². The number of carbonyl (C=O) groups excluding carboxylic acids is 1. The van der Waals surface area contributed by atoms with Crippen molar-refractivity contribution in [2.75, 3.05) is 18.8 Å². The van der Waals surface area contributed by atoms with Crippen LogP contribution in [-0.4, -0.2) is 36.0 Å². The van der Waals surface area contributed by atoms with Crippen molar-refractivity contribution in [3.05, 3.63) is 0 Å². The summed E-state index contributed by atoms with van der Waals surface area (Å²) in [4.78, 5) is 11.9. The highest BCUT2D eigenvalue weighted by Crippen LogP contribution is 2.42. The summed E-state index contributed by atoms with van der Waals surface area (Å²) in [5.41, 5.74) is 0. The first-order valence-corrected chi connectivity index (χ1v) is 7.04. The molecule has 1 aliphatic carbocycles. The molecule has 3 aliphatic rings. The van der Waals surface area contributed by atoms with Gasteiger partial charge >= 0.3 is 0 Å². The molecule has 1 saturated carbocycles. The lowest BCUT2D eigenvalue weighted by atomic mass is 10.2. The van der Waals surface area contributed by atoms with Gasteiger partial charge in [0.15, 0.2) is 0 Å². The number of rotatable bonds is 2. The minimum absolute atomic E-state index is 0.244. The average Bonchev–Trinajstić information content (AvgIpc) is 2.75. The van der Waals surface area contributed by atoms with E-state index in [0.29, 0.717) is 11.9 Å². The van der Waals surface area contributed by atoms with E-state index in [1.165, 1.54) is 12.8 Å². The van der Waals surface area contributed by atoms with E-state index in [1.54, 1.807) is 0 Å². The second-order valence-corrected chi connectivity index (χ2v) is 6.19. The molecule has 3 atom stereocenters. The van der Waals surface area contributed by atoms with Gasteiger partial charge in [-0.2, -0.15) is 0 Å². The Hall–Kier alpha value is -0.220. The quantitative estimate of drug-likeness (QED) is 0.725. The van der Waals surface area contributed by atoms with Gasteiger partial charge < -0.3 is 10.6 Å². The Balaban J connectivity index is 1.49. The normalized spacial score (nSPS) is 43.5. The fourth-order valence-electron chi connectivity index (χ4n) is 2.84. The van der Waals surface area contributed by atoms with E-state index in [-0.39, 0.29) is 5.25 Å². The van der Waals surface area contributed by atoms with Crippen molar-refractivity contribution in [1.82, 2.24) is 10.6 Å². The molecule has 84 valence electrons. The second-order valence-electron chi connectivity index (χ2n) is 4.88. The average molecular weight is 226 g/mol. The summed E-state index contributed by atoms with van der Waals surface area (Å²) >= 11 is 1.84. The monoisotopic (exact) mass is 226 g/mol. The largest absolute Gasteiger partial charge is 0.352 e. The topological polar surface area (TPSA) is 41.1 Å². The van der Waals surface area contributed by atoms with Crippen LogP contribution in [0, 0.1) is 11.8 Å². The maximum Gasteiger partial charge on any atom is 0.233 e. The minimum atomic E-state index is 0.244. The number of hydrogen-bond donors (Lipinski definition) is 2. The van der Waals surface area contributed by atoms with Gasteiger partial charge in [0.05, 0.1) is 5.25 Å². The van der Waals surface area contributed by atoms with Gasteiger partial charge in [0, 0.05) is 19.1 Å².